The predicted molar refractivity (Wildman–Crippen MR) is 119 cm³/mol. The number of aryl methyl sites for hydroxylation is 2. The number of hydrogen-bond acceptors (Lipinski definition) is 5. The first kappa shape index (κ1) is 24.3. The molecule has 0 aliphatic rings. The van der Waals surface area contributed by atoms with Crippen LogP contribution in [0.5, 0.6) is 0 Å². The summed E-state index contributed by atoms with van der Waals surface area (Å²) in [5.74, 6) is 0.249. The second kappa shape index (κ2) is 11.0. The maximum atomic E-state index is 14.3. The molecular weight excluding hydrogens is 629 g/mol. The zero-order valence-electron chi connectivity index (χ0n) is 18.3. The molecule has 0 saturated carbocycles. The second-order valence-corrected chi connectivity index (χ2v) is 7.45. The fourth-order valence-electron chi connectivity index (χ4n) is 3.66. The molecule has 0 spiro atoms. The van der Waals surface area contributed by atoms with Gasteiger partial charge in [0.25, 0.3) is 0 Å². The average molecular weight is 655 g/mol. The van der Waals surface area contributed by atoms with Gasteiger partial charge in [-0.25, -0.2) is 9.37 Å². The van der Waals surface area contributed by atoms with Gasteiger partial charge in [0.05, 0.1) is 0 Å². The number of rotatable bonds is 8. The molecule has 4 aromatic rings. The molecule has 6 nitrogen and oxygen atoms in total. The molecule has 1 N–H and O–H groups in total. The monoisotopic (exact) mass is 654 g/mol. The number of hydrogen-bond donors (Lipinski definition) is 1. The summed E-state index contributed by atoms with van der Waals surface area (Å²) in [6.07, 6.45) is 7.06. The summed E-state index contributed by atoms with van der Waals surface area (Å²) in [4.78, 5) is 9.32. The largest absolute Gasteiger partial charge is 2.00 e. The molecule has 1 aromatic carbocycles. The smallest absolute Gasteiger partial charge is 0.362 e. The number of halogens is 1. The minimum atomic E-state index is -0.286. The van der Waals surface area contributed by atoms with Crippen molar-refractivity contribution in [1.82, 2.24) is 24.6 Å². The maximum Gasteiger partial charge on any atom is 2.00 e. The van der Waals surface area contributed by atoms with E-state index in [9.17, 15) is 4.39 Å². The molecule has 0 atom stereocenters. The predicted octanol–water partition coefficient (Wildman–Crippen LogP) is 4.77. The van der Waals surface area contributed by atoms with Crippen LogP contribution >= 0.6 is 0 Å². The van der Waals surface area contributed by atoms with Gasteiger partial charge in [0.2, 0.25) is 5.95 Å². The summed E-state index contributed by atoms with van der Waals surface area (Å²) in [7, 11) is 0. The van der Waals surface area contributed by atoms with Crippen molar-refractivity contribution < 1.29 is 35.5 Å². The van der Waals surface area contributed by atoms with E-state index in [1.165, 1.54) is 6.07 Å². The summed E-state index contributed by atoms with van der Waals surface area (Å²) < 4.78 is 16.1. The first-order valence-corrected chi connectivity index (χ1v) is 10.5. The Hall–Kier alpha value is -2.30. The minimum Gasteiger partial charge on any atom is -0.362 e. The summed E-state index contributed by atoms with van der Waals surface area (Å²) in [5, 5.41) is 11.6. The number of fused-ring (bicyclic) bond motifs is 1. The Morgan fingerprint density at radius 2 is 2.06 bits per heavy atom. The molecule has 0 aliphatic carbocycles. The van der Waals surface area contributed by atoms with E-state index >= 15 is 0 Å². The topological polar surface area (TPSA) is 68.0 Å². The van der Waals surface area contributed by atoms with E-state index in [1.54, 1.807) is 23.0 Å². The van der Waals surface area contributed by atoms with E-state index in [4.69, 9.17) is 4.98 Å². The minimum absolute atomic E-state index is 0. The maximum absolute atomic E-state index is 14.3. The number of anilines is 1. The second-order valence-electron chi connectivity index (χ2n) is 7.45. The van der Waals surface area contributed by atoms with Crippen LogP contribution in [-0.2, 0) is 19.4 Å². The molecule has 0 radical (unpaired) electrons. The van der Waals surface area contributed by atoms with Gasteiger partial charge in [-0.2, -0.15) is 24.1 Å². The Morgan fingerprint density at radius 1 is 1.22 bits per heavy atom. The Kier molecular flexibility index (Phi) is 8.39. The number of unbranched alkanes of at least 4 members (excludes halogenated alkanes) is 1. The SMILES string of the molecule is [CH2-]Cc1[c-]ccc(F)c1CNc1ncc(-c2ccc(CCCC)nc2C)c2nncn12.[U+2]. The van der Waals surface area contributed by atoms with Crippen molar-refractivity contribution in [2.75, 3.05) is 5.32 Å². The Labute approximate surface area is 211 Å². The van der Waals surface area contributed by atoms with E-state index in [0.29, 0.717) is 23.6 Å². The Morgan fingerprint density at radius 3 is 2.81 bits per heavy atom. The molecule has 0 amide bonds. The van der Waals surface area contributed by atoms with Crippen molar-refractivity contribution in [3.63, 3.8) is 0 Å². The summed E-state index contributed by atoms with van der Waals surface area (Å²) in [6, 6.07) is 10.2. The van der Waals surface area contributed by atoms with Gasteiger partial charge in [-0.05, 0) is 25.8 Å². The van der Waals surface area contributed by atoms with Crippen molar-refractivity contribution in [3.05, 3.63) is 78.1 Å². The molecule has 0 bridgehead atoms. The van der Waals surface area contributed by atoms with Crippen LogP contribution in [0.4, 0.5) is 10.3 Å². The van der Waals surface area contributed by atoms with Crippen molar-refractivity contribution in [2.24, 2.45) is 0 Å². The van der Waals surface area contributed by atoms with Gasteiger partial charge in [0.1, 0.15) is 6.33 Å². The third-order valence-corrected chi connectivity index (χ3v) is 5.37. The molecule has 0 aliphatic heterocycles. The summed E-state index contributed by atoms with van der Waals surface area (Å²) in [5.41, 5.74) is 5.80. The van der Waals surface area contributed by atoms with Crippen LogP contribution < -0.4 is 5.32 Å². The fourth-order valence-corrected chi connectivity index (χ4v) is 3.66. The molecule has 0 saturated heterocycles. The van der Waals surface area contributed by atoms with Gasteiger partial charge in [-0.15, -0.1) is 21.8 Å². The van der Waals surface area contributed by atoms with Gasteiger partial charge < -0.3 is 12.2 Å². The first-order chi connectivity index (χ1) is 15.1. The molecule has 3 heterocycles. The standard InChI is InChI=1S/C24H25FN6.U/c1-4-6-9-18-11-12-19(16(3)29-18)21-14-27-24(31-15-28-30-23(21)31)26-13-20-17(5-2)8-7-10-22(20)25;/h7,10-12,14-15H,2,4-6,9,13H2,1,3H3,(H,26,27);/q-2;+2. The zero-order chi connectivity index (χ0) is 21.8. The molecule has 0 fully saturated rings. The van der Waals surface area contributed by atoms with Crippen LogP contribution in [-0.4, -0.2) is 24.6 Å². The van der Waals surface area contributed by atoms with Crippen molar-refractivity contribution in [1.29, 1.82) is 0 Å². The van der Waals surface area contributed by atoms with Crippen molar-refractivity contribution >= 4 is 11.6 Å². The number of benzene rings is 1. The van der Waals surface area contributed by atoms with Crippen LogP contribution in [0.2, 0.25) is 0 Å². The molecule has 162 valence electrons. The van der Waals surface area contributed by atoms with Crippen LogP contribution in [0.3, 0.4) is 0 Å². The number of pyridine rings is 1. The molecule has 0 unspecified atom stereocenters. The third kappa shape index (κ3) is 5.02. The molecule has 32 heavy (non-hydrogen) atoms. The number of nitrogens with zero attached hydrogens (tertiary/aromatic N) is 5. The number of aromatic nitrogens is 5. The average Bonchev–Trinajstić information content (AvgIpc) is 3.27. The number of nitrogens with one attached hydrogen (secondary N) is 1. The summed E-state index contributed by atoms with van der Waals surface area (Å²) >= 11 is 0. The van der Waals surface area contributed by atoms with Crippen LogP contribution in [0.25, 0.3) is 16.8 Å². The quantitative estimate of drug-likeness (QED) is 0.278. The van der Waals surface area contributed by atoms with E-state index in [-0.39, 0.29) is 43.5 Å². The molecule has 3 aromatic heterocycles. The van der Waals surface area contributed by atoms with Crippen LogP contribution in [0.15, 0.2) is 36.8 Å². The normalized spacial score (nSPS) is 10.9. The van der Waals surface area contributed by atoms with E-state index in [2.05, 4.69) is 52.5 Å². The zero-order valence-corrected chi connectivity index (χ0v) is 22.5. The van der Waals surface area contributed by atoms with E-state index < -0.39 is 0 Å². The van der Waals surface area contributed by atoms with Crippen LogP contribution in [0.1, 0.15) is 42.3 Å². The Bertz CT molecular complexity index is 1210. The van der Waals surface area contributed by atoms with Crippen LogP contribution in [0, 0.1) is 56.8 Å². The molecular formula is C24H25FN6U. The van der Waals surface area contributed by atoms with Gasteiger partial charge in [-0.3, -0.25) is 9.38 Å². The first-order valence-electron chi connectivity index (χ1n) is 10.5. The van der Waals surface area contributed by atoms with Crippen molar-refractivity contribution in [3.8, 4) is 11.1 Å². The van der Waals surface area contributed by atoms with Gasteiger partial charge >= 0.3 is 31.1 Å². The molecule has 8 heteroatoms. The van der Waals surface area contributed by atoms with Gasteiger partial charge in [0, 0.05) is 41.1 Å². The van der Waals surface area contributed by atoms with E-state index in [1.807, 2.05) is 6.92 Å². The summed E-state index contributed by atoms with van der Waals surface area (Å²) in [6.45, 7) is 8.30. The Balaban J connectivity index is 0.00000289. The molecule has 4 rings (SSSR count). The van der Waals surface area contributed by atoms with Gasteiger partial charge in [-0.1, -0.05) is 19.4 Å². The fraction of sp³-hybridized carbons (Fsp3) is 0.292. The van der Waals surface area contributed by atoms with Crippen molar-refractivity contribution in [2.45, 2.75) is 46.1 Å². The third-order valence-electron chi connectivity index (χ3n) is 5.37. The van der Waals surface area contributed by atoms with E-state index in [0.717, 1.165) is 47.3 Å². The van der Waals surface area contributed by atoms with Gasteiger partial charge in [0.15, 0.2) is 5.65 Å².